The predicted molar refractivity (Wildman–Crippen MR) is 96.6 cm³/mol. The number of rotatable bonds is 3. The minimum absolute atomic E-state index is 0.0784. The second-order valence-electron chi connectivity index (χ2n) is 6.62. The van der Waals surface area contributed by atoms with Crippen molar-refractivity contribution in [2.75, 3.05) is 25.0 Å². The molecule has 2 fully saturated rings. The lowest BCUT2D eigenvalue weighted by Gasteiger charge is -2.41. The summed E-state index contributed by atoms with van der Waals surface area (Å²) in [6, 6.07) is 3.16. The Labute approximate surface area is 152 Å². The maximum Gasteiger partial charge on any atom is 0.238 e. The van der Waals surface area contributed by atoms with Crippen LogP contribution in [0.3, 0.4) is 0 Å². The smallest absolute Gasteiger partial charge is 0.238 e. The number of likely N-dealkylation sites (tertiary alicyclic amines) is 1. The quantitative estimate of drug-likeness (QED) is 0.797. The number of piperidine rings is 1. The maximum atomic E-state index is 12.3. The predicted octanol–water partition coefficient (Wildman–Crippen LogP) is 5.10. The Morgan fingerprint density at radius 2 is 1.74 bits per heavy atom. The largest absolute Gasteiger partial charge is 0.322 e. The van der Waals surface area contributed by atoms with Gasteiger partial charge in [0.15, 0.2) is 0 Å². The van der Waals surface area contributed by atoms with Gasteiger partial charge in [0, 0.05) is 11.6 Å². The molecule has 3 rings (SSSR count). The van der Waals surface area contributed by atoms with E-state index in [-0.39, 0.29) is 5.91 Å². The van der Waals surface area contributed by atoms with Crippen LogP contribution in [0.1, 0.15) is 32.1 Å². The van der Waals surface area contributed by atoms with Gasteiger partial charge in [-0.05, 0) is 43.4 Å². The maximum absolute atomic E-state index is 12.3. The number of hydrogen-bond acceptors (Lipinski definition) is 2. The Morgan fingerprint density at radius 3 is 2.43 bits per heavy atom. The summed E-state index contributed by atoms with van der Waals surface area (Å²) in [5, 5.41) is 4.00. The lowest BCUT2D eigenvalue weighted by molar-refractivity contribution is -0.118. The van der Waals surface area contributed by atoms with Gasteiger partial charge in [-0.15, -0.1) is 0 Å². The molecule has 0 radical (unpaired) electrons. The van der Waals surface area contributed by atoms with E-state index >= 15 is 0 Å². The van der Waals surface area contributed by atoms with Crippen LogP contribution < -0.4 is 5.32 Å². The van der Waals surface area contributed by atoms with E-state index < -0.39 is 0 Å². The van der Waals surface area contributed by atoms with E-state index in [1.165, 1.54) is 32.1 Å². The Kier molecular flexibility index (Phi) is 5.74. The number of anilines is 1. The molecule has 126 valence electrons. The van der Waals surface area contributed by atoms with Crippen molar-refractivity contribution in [1.29, 1.82) is 0 Å². The highest BCUT2D eigenvalue weighted by molar-refractivity contribution is 6.42. The first kappa shape index (κ1) is 17.3. The Hall–Kier alpha value is -0.480. The number of carbonyl (C=O) groups excluding carboxylic acids is 1. The highest BCUT2D eigenvalue weighted by Gasteiger charge is 2.31. The fourth-order valence-corrected chi connectivity index (χ4v) is 4.77. The van der Waals surface area contributed by atoms with E-state index in [1.807, 2.05) is 0 Å². The van der Waals surface area contributed by atoms with Crippen molar-refractivity contribution in [1.82, 2.24) is 4.90 Å². The molecule has 6 heteroatoms. The zero-order chi connectivity index (χ0) is 16.4. The third-order valence-electron chi connectivity index (χ3n) is 5.01. The first-order chi connectivity index (χ1) is 11.0. The lowest BCUT2D eigenvalue weighted by Crippen LogP contribution is -2.44. The fourth-order valence-electron chi connectivity index (χ4n) is 3.86. The van der Waals surface area contributed by atoms with Crippen LogP contribution in [0.4, 0.5) is 5.69 Å². The summed E-state index contributed by atoms with van der Waals surface area (Å²) >= 11 is 18.1. The standard InChI is InChI=1S/C17H21Cl3N2O/c18-13-7-14(19)17(15(20)8-13)21-16(23)10-22-6-5-11-3-1-2-4-12(11)9-22/h7-8,11-12H,1-6,9-10H2,(H,21,23)/t11-,12-/m1/s1. The van der Waals surface area contributed by atoms with Crippen LogP contribution in [0, 0.1) is 11.8 Å². The van der Waals surface area contributed by atoms with Crippen molar-refractivity contribution < 1.29 is 4.79 Å². The molecule has 1 N–H and O–H groups in total. The normalized spacial score (nSPS) is 25.0. The molecule has 23 heavy (non-hydrogen) atoms. The van der Waals surface area contributed by atoms with Crippen molar-refractivity contribution >= 4 is 46.4 Å². The van der Waals surface area contributed by atoms with Gasteiger partial charge in [0.2, 0.25) is 5.91 Å². The minimum atomic E-state index is -0.0784. The molecule has 0 bridgehead atoms. The summed E-state index contributed by atoms with van der Waals surface area (Å²) in [6.07, 6.45) is 6.57. The second kappa shape index (κ2) is 7.60. The van der Waals surface area contributed by atoms with Crippen LogP contribution in [0.15, 0.2) is 12.1 Å². The molecule has 1 aromatic carbocycles. The number of hydrogen-bond donors (Lipinski definition) is 1. The molecule has 1 aliphatic heterocycles. The summed E-state index contributed by atoms with van der Waals surface area (Å²) in [4.78, 5) is 14.6. The Balaban J connectivity index is 1.57. The molecule has 1 amide bonds. The van der Waals surface area contributed by atoms with Crippen LogP contribution in [0.2, 0.25) is 15.1 Å². The number of amides is 1. The third kappa shape index (κ3) is 4.33. The van der Waals surface area contributed by atoms with Gasteiger partial charge in [-0.2, -0.15) is 0 Å². The Bertz CT molecular complexity index is 570. The molecule has 1 aliphatic carbocycles. The monoisotopic (exact) mass is 374 g/mol. The summed E-state index contributed by atoms with van der Waals surface area (Å²) < 4.78 is 0. The summed E-state index contributed by atoms with van der Waals surface area (Å²) in [5.74, 6) is 1.54. The topological polar surface area (TPSA) is 32.3 Å². The molecular formula is C17H21Cl3N2O. The van der Waals surface area contributed by atoms with Gasteiger partial charge in [0.1, 0.15) is 0 Å². The first-order valence-electron chi connectivity index (χ1n) is 8.19. The number of halogens is 3. The summed E-state index contributed by atoms with van der Waals surface area (Å²) in [6.45, 7) is 2.41. The lowest BCUT2D eigenvalue weighted by atomic mass is 9.75. The molecule has 1 saturated heterocycles. The van der Waals surface area contributed by atoms with Crippen LogP contribution >= 0.6 is 34.8 Å². The van der Waals surface area contributed by atoms with Gasteiger partial charge in [-0.25, -0.2) is 0 Å². The third-order valence-corrected chi connectivity index (χ3v) is 5.83. The molecular weight excluding hydrogens is 355 g/mol. The van der Waals surface area contributed by atoms with Crippen LogP contribution in [0.25, 0.3) is 0 Å². The molecule has 1 heterocycles. The van der Waals surface area contributed by atoms with Crippen molar-refractivity contribution in [3.05, 3.63) is 27.2 Å². The van der Waals surface area contributed by atoms with Crippen molar-refractivity contribution in [2.24, 2.45) is 11.8 Å². The van der Waals surface area contributed by atoms with E-state index in [9.17, 15) is 4.79 Å². The number of benzene rings is 1. The molecule has 0 aromatic heterocycles. The van der Waals surface area contributed by atoms with Gasteiger partial charge >= 0.3 is 0 Å². The fraction of sp³-hybridized carbons (Fsp3) is 0.588. The molecule has 3 nitrogen and oxygen atoms in total. The average molecular weight is 376 g/mol. The number of fused-ring (bicyclic) bond motifs is 1. The van der Waals surface area contributed by atoms with Crippen molar-refractivity contribution in [2.45, 2.75) is 32.1 Å². The molecule has 1 aromatic rings. The van der Waals surface area contributed by atoms with Crippen LogP contribution in [-0.4, -0.2) is 30.4 Å². The van der Waals surface area contributed by atoms with Crippen molar-refractivity contribution in [3.8, 4) is 0 Å². The van der Waals surface area contributed by atoms with Gasteiger partial charge in [-0.1, -0.05) is 54.1 Å². The highest BCUT2D eigenvalue weighted by Crippen LogP contribution is 2.36. The van der Waals surface area contributed by atoms with Crippen LogP contribution in [0.5, 0.6) is 0 Å². The van der Waals surface area contributed by atoms with Gasteiger partial charge in [0.05, 0.1) is 22.3 Å². The first-order valence-corrected chi connectivity index (χ1v) is 9.33. The molecule has 0 unspecified atom stereocenters. The zero-order valence-corrected chi connectivity index (χ0v) is 15.2. The number of carbonyl (C=O) groups is 1. The van der Waals surface area contributed by atoms with E-state index in [2.05, 4.69) is 10.2 Å². The van der Waals surface area contributed by atoms with E-state index in [1.54, 1.807) is 12.1 Å². The number of nitrogens with one attached hydrogen (secondary N) is 1. The molecule has 0 spiro atoms. The highest BCUT2D eigenvalue weighted by atomic mass is 35.5. The van der Waals surface area contributed by atoms with Gasteiger partial charge < -0.3 is 5.32 Å². The van der Waals surface area contributed by atoms with Gasteiger partial charge in [-0.3, -0.25) is 9.69 Å². The summed E-state index contributed by atoms with van der Waals surface area (Å²) in [5.41, 5.74) is 0.440. The molecule has 1 saturated carbocycles. The molecule has 2 atom stereocenters. The molecule has 2 aliphatic rings. The van der Waals surface area contributed by atoms with E-state index in [0.717, 1.165) is 24.9 Å². The minimum Gasteiger partial charge on any atom is -0.322 e. The average Bonchev–Trinajstić information content (AvgIpc) is 2.51. The van der Waals surface area contributed by atoms with E-state index in [4.69, 9.17) is 34.8 Å². The Morgan fingerprint density at radius 1 is 1.09 bits per heavy atom. The zero-order valence-electron chi connectivity index (χ0n) is 13.0. The summed E-state index contributed by atoms with van der Waals surface area (Å²) in [7, 11) is 0. The van der Waals surface area contributed by atoms with Crippen molar-refractivity contribution in [3.63, 3.8) is 0 Å². The van der Waals surface area contributed by atoms with Crippen LogP contribution in [-0.2, 0) is 4.79 Å². The second-order valence-corrected chi connectivity index (χ2v) is 7.87. The number of nitrogens with zero attached hydrogens (tertiary/aromatic N) is 1. The van der Waals surface area contributed by atoms with E-state index in [0.29, 0.717) is 27.3 Å². The SMILES string of the molecule is O=C(CN1CC[C@H]2CCCC[C@@H]2C1)Nc1c(Cl)cc(Cl)cc1Cl. The van der Waals surface area contributed by atoms with Gasteiger partial charge in [0.25, 0.3) is 0 Å².